The van der Waals surface area contributed by atoms with Gasteiger partial charge in [-0.2, -0.15) is 0 Å². The molecule has 19 heavy (non-hydrogen) atoms. The van der Waals surface area contributed by atoms with Crippen LogP contribution < -0.4 is 5.32 Å². The fraction of sp³-hybridized carbons (Fsp3) is 0.154. The van der Waals surface area contributed by atoms with Crippen LogP contribution in [0, 0.1) is 6.92 Å². The van der Waals surface area contributed by atoms with Crippen LogP contribution in [-0.2, 0) is 6.54 Å². The fourth-order valence-electron chi connectivity index (χ4n) is 1.54. The molecule has 0 saturated heterocycles. The summed E-state index contributed by atoms with van der Waals surface area (Å²) >= 11 is 3.26. The summed E-state index contributed by atoms with van der Waals surface area (Å²) in [5.74, 6) is -0.973. The molecule has 0 unspecified atom stereocenters. The number of carboxylic acid groups (broad SMARTS) is 1. The van der Waals surface area contributed by atoms with Gasteiger partial charge >= 0.3 is 5.97 Å². The predicted molar refractivity (Wildman–Crippen MR) is 75.2 cm³/mol. The van der Waals surface area contributed by atoms with Crippen molar-refractivity contribution in [2.45, 2.75) is 13.5 Å². The zero-order valence-electron chi connectivity index (χ0n) is 10.2. The number of nitrogens with zero attached hydrogens (tertiary/aromatic N) is 2. The lowest BCUT2D eigenvalue weighted by Gasteiger charge is -2.09. The second-order valence-electron chi connectivity index (χ2n) is 4.00. The van der Waals surface area contributed by atoms with Gasteiger partial charge in [0.05, 0.1) is 29.7 Å². The Morgan fingerprint density at radius 2 is 2.16 bits per heavy atom. The molecule has 0 radical (unpaired) electrons. The number of halogens is 1. The zero-order chi connectivity index (χ0) is 13.8. The first-order chi connectivity index (χ1) is 9.06. The zero-order valence-corrected chi connectivity index (χ0v) is 11.8. The van der Waals surface area contributed by atoms with Crippen LogP contribution in [0.4, 0.5) is 5.69 Å². The topological polar surface area (TPSA) is 75.1 Å². The molecule has 0 aliphatic heterocycles. The van der Waals surface area contributed by atoms with E-state index < -0.39 is 5.97 Å². The van der Waals surface area contributed by atoms with Crippen LogP contribution >= 0.6 is 15.9 Å². The molecule has 0 saturated carbocycles. The SMILES string of the molecule is Cc1cnc(CNc2ccc(Br)cc2C(=O)O)cn1. The van der Waals surface area contributed by atoms with Crippen molar-refractivity contribution in [2.24, 2.45) is 0 Å². The molecule has 1 aromatic heterocycles. The number of rotatable bonds is 4. The highest BCUT2D eigenvalue weighted by molar-refractivity contribution is 9.10. The number of hydrogen-bond acceptors (Lipinski definition) is 4. The molecule has 0 atom stereocenters. The molecule has 0 bridgehead atoms. The Kier molecular flexibility index (Phi) is 4.11. The lowest BCUT2D eigenvalue weighted by Crippen LogP contribution is -2.07. The first-order valence-corrected chi connectivity index (χ1v) is 6.40. The average Bonchev–Trinajstić information content (AvgIpc) is 2.39. The van der Waals surface area contributed by atoms with Crippen LogP contribution in [0.2, 0.25) is 0 Å². The van der Waals surface area contributed by atoms with Crippen LogP contribution in [0.25, 0.3) is 0 Å². The van der Waals surface area contributed by atoms with E-state index in [0.717, 1.165) is 15.9 Å². The van der Waals surface area contributed by atoms with Gasteiger partial charge in [0.15, 0.2) is 0 Å². The van der Waals surface area contributed by atoms with E-state index in [1.54, 1.807) is 30.6 Å². The Hall–Kier alpha value is -1.95. The van der Waals surface area contributed by atoms with Crippen molar-refractivity contribution < 1.29 is 9.90 Å². The summed E-state index contributed by atoms with van der Waals surface area (Å²) in [5, 5.41) is 12.2. The van der Waals surface area contributed by atoms with Gasteiger partial charge < -0.3 is 10.4 Å². The number of benzene rings is 1. The van der Waals surface area contributed by atoms with Gasteiger partial charge in [0.1, 0.15) is 0 Å². The highest BCUT2D eigenvalue weighted by atomic mass is 79.9. The van der Waals surface area contributed by atoms with E-state index in [9.17, 15) is 4.79 Å². The third-order valence-electron chi connectivity index (χ3n) is 2.51. The molecule has 0 fully saturated rings. The summed E-state index contributed by atoms with van der Waals surface area (Å²) in [7, 11) is 0. The highest BCUT2D eigenvalue weighted by Gasteiger charge is 2.10. The minimum absolute atomic E-state index is 0.217. The van der Waals surface area contributed by atoms with E-state index in [2.05, 4.69) is 31.2 Å². The van der Waals surface area contributed by atoms with E-state index in [0.29, 0.717) is 12.2 Å². The third kappa shape index (κ3) is 3.51. The maximum Gasteiger partial charge on any atom is 0.337 e. The molecule has 1 heterocycles. The number of hydrogen-bond donors (Lipinski definition) is 2. The largest absolute Gasteiger partial charge is 0.478 e. The van der Waals surface area contributed by atoms with Crippen molar-refractivity contribution in [2.75, 3.05) is 5.32 Å². The number of aryl methyl sites for hydroxylation is 1. The smallest absolute Gasteiger partial charge is 0.337 e. The van der Waals surface area contributed by atoms with Crippen LogP contribution in [0.5, 0.6) is 0 Å². The minimum Gasteiger partial charge on any atom is -0.478 e. The maximum absolute atomic E-state index is 11.1. The monoisotopic (exact) mass is 321 g/mol. The molecule has 0 spiro atoms. The molecule has 1 aromatic carbocycles. The molecule has 0 amide bonds. The lowest BCUT2D eigenvalue weighted by molar-refractivity contribution is 0.0698. The van der Waals surface area contributed by atoms with E-state index in [-0.39, 0.29) is 5.56 Å². The molecule has 0 aliphatic carbocycles. The third-order valence-corrected chi connectivity index (χ3v) is 3.00. The van der Waals surface area contributed by atoms with Gasteiger partial charge in [0, 0.05) is 16.4 Å². The number of carbonyl (C=O) groups is 1. The summed E-state index contributed by atoms with van der Waals surface area (Å²) in [6, 6.07) is 5.07. The molecule has 98 valence electrons. The van der Waals surface area contributed by atoms with Gasteiger partial charge in [-0.15, -0.1) is 0 Å². The molecule has 2 N–H and O–H groups in total. The molecular weight excluding hydrogens is 310 g/mol. The standard InChI is InChI=1S/C13H12BrN3O2/c1-8-5-16-10(6-15-8)7-17-12-3-2-9(14)4-11(12)13(18)19/h2-6,17H,7H2,1H3,(H,18,19). The van der Waals surface area contributed by atoms with Gasteiger partial charge in [-0.1, -0.05) is 15.9 Å². The molecule has 0 aliphatic rings. The first-order valence-electron chi connectivity index (χ1n) is 5.60. The average molecular weight is 322 g/mol. The molecule has 2 aromatic rings. The number of carboxylic acids is 1. The maximum atomic E-state index is 11.1. The highest BCUT2D eigenvalue weighted by Crippen LogP contribution is 2.21. The summed E-state index contributed by atoms with van der Waals surface area (Å²) in [4.78, 5) is 19.5. The number of aromatic carboxylic acids is 1. The van der Waals surface area contributed by atoms with Crippen molar-refractivity contribution in [3.05, 3.63) is 52.0 Å². The Labute approximate surface area is 118 Å². The Bertz CT molecular complexity index is 599. The fourth-order valence-corrected chi connectivity index (χ4v) is 1.91. The van der Waals surface area contributed by atoms with Crippen LogP contribution in [0.3, 0.4) is 0 Å². The summed E-state index contributed by atoms with van der Waals surface area (Å²) in [6.45, 7) is 2.29. The van der Waals surface area contributed by atoms with Crippen LogP contribution in [0.15, 0.2) is 35.1 Å². The molecular formula is C13H12BrN3O2. The summed E-state index contributed by atoms with van der Waals surface area (Å²) < 4.78 is 0.727. The lowest BCUT2D eigenvalue weighted by atomic mass is 10.2. The molecule has 2 rings (SSSR count). The van der Waals surface area contributed by atoms with Gasteiger partial charge in [0.2, 0.25) is 0 Å². The van der Waals surface area contributed by atoms with Gasteiger partial charge in [-0.05, 0) is 25.1 Å². The van der Waals surface area contributed by atoms with E-state index in [1.165, 1.54) is 0 Å². The predicted octanol–water partition coefficient (Wildman–Crippen LogP) is 2.86. The van der Waals surface area contributed by atoms with E-state index in [4.69, 9.17) is 5.11 Å². The summed E-state index contributed by atoms with van der Waals surface area (Å²) in [5.41, 5.74) is 2.37. The van der Waals surface area contributed by atoms with Gasteiger partial charge in [-0.3, -0.25) is 9.97 Å². The van der Waals surface area contributed by atoms with Crippen molar-refractivity contribution in [3.8, 4) is 0 Å². The Balaban J connectivity index is 2.15. The van der Waals surface area contributed by atoms with Crippen LogP contribution in [0.1, 0.15) is 21.7 Å². The number of nitrogens with one attached hydrogen (secondary N) is 1. The van der Waals surface area contributed by atoms with Crippen molar-refractivity contribution in [1.82, 2.24) is 9.97 Å². The van der Waals surface area contributed by atoms with Crippen molar-refractivity contribution in [1.29, 1.82) is 0 Å². The normalized spacial score (nSPS) is 10.2. The molecule has 6 heteroatoms. The van der Waals surface area contributed by atoms with Crippen molar-refractivity contribution >= 4 is 27.6 Å². The van der Waals surface area contributed by atoms with Crippen molar-refractivity contribution in [3.63, 3.8) is 0 Å². The van der Waals surface area contributed by atoms with Gasteiger partial charge in [0.25, 0.3) is 0 Å². The van der Waals surface area contributed by atoms with Gasteiger partial charge in [-0.25, -0.2) is 4.79 Å². The van der Waals surface area contributed by atoms with E-state index >= 15 is 0 Å². The minimum atomic E-state index is -0.973. The number of anilines is 1. The van der Waals surface area contributed by atoms with E-state index in [1.807, 2.05) is 6.92 Å². The van der Waals surface area contributed by atoms with Crippen LogP contribution in [-0.4, -0.2) is 21.0 Å². The molecule has 5 nitrogen and oxygen atoms in total. The number of aromatic nitrogens is 2. The second kappa shape index (κ2) is 5.79. The summed E-state index contributed by atoms with van der Waals surface area (Å²) in [6.07, 6.45) is 3.35. The Morgan fingerprint density at radius 1 is 1.37 bits per heavy atom. The first kappa shape index (κ1) is 13.5. The second-order valence-corrected chi connectivity index (χ2v) is 4.91. The Morgan fingerprint density at radius 3 is 2.79 bits per heavy atom. The quantitative estimate of drug-likeness (QED) is 0.905.